The van der Waals surface area contributed by atoms with Gasteiger partial charge in [0.2, 0.25) is 11.6 Å². The molecule has 1 aliphatic carbocycles. The minimum Gasteiger partial charge on any atom is -0.324 e. The predicted molar refractivity (Wildman–Crippen MR) is 107 cm³/mol. The van der Waals surface area contributed by atoms with E-state index in [0.717, 1.165) is 44.9 Å². The topological polar surface area (TPSA) is 122 Å². The van der Waals surface area contributed by atoms with Gasteiger partial charge >= 0.3 is 7.60 Å². The molecule has 0 fully saturated rings. The Morgan fingerprint density at radius 1 is 0.828 bits per heavy atom. The van der Waals surface area contributed by atoms with Crippen LogP contribution in [0.1, 0.15) is 83.5 Å². The molecule has 0 unspecified atom stereocenters. The summed E-state index contributed by atoms with van der Waals surface area (Å²) in [5.41, 5.74) is 1.23. The molecule has 0 spiro atoms. The Morgan fingerprint density at radius 2 is 1.38 bits per heavy atom. The second-order valence-electron chi connectivity index (χ2n) is 7.43. The number of hydrogen-bond acceptors (Lipinski definition) is 5. The number of benzene rings is 1. The van der Waals surface area contributed by atoms with Crippen molar-refractivity contribution in [3.8, 4) is 0 Å². The minimum atomic E-state index is -3.85. The summed E-state index contributed by atoms with van der Waals surface area (Å²) in [4.78, 5) is 42.9. The zero-order valence-corrected chi connectivity index (χ0v) is 17.2. The second-order valence-corrected chi connectivity index (χ2v) is 9.21. The Labute approximate surface area is 169 Å². The fraction of sp³-hybridized carbons (Fsp3) is 0.500. The maximum absolute atomic E-state index is 12.8. The summed E-state index contributed by atoms with van der Waals surface area (Å²) in [7, 11) is -3.85. The van der Waals surface area contributed by atoms with Crippen molar-refractivity contribution >= 4 is 19.2 Å². The molecule has 9 heteroatoms. The third kappa shape index (κ3) is 5.47. The van der Waals surface area contributed by atoms with Crippen LogP contribution in [0.4, 0.5) is 0 Å². The number of rotatable bonds is 11. The van der Waals surface area contributed by atoms with Crippen molar-refractivity contribution in [2.24, 2.45) is 0 Å². The number of unbranched alkanes of at least 4 members (excludes halogenated alkanes) is 7. The number of nitrogens with zero attached hydrogens (tertiary/aromatic N) is 3. The van der Waals surface area contributed by atoms with E-state index in [-0.39, 0.29) is 23.4 Å². The van der Waals surface area contributed by atoms with Crippen LogP contribution in [0.2, 0.25) is 0 Å². The van der Waals surface area contributed by atoms with Gasteiger partial charge in [-0.05, 0) is 12.8 Å². The molecular formula is C20H26N3O5P. The summed E-state index contributed by atoms with van der Waals surface area (Å²) >= 11 is 0. The lowest BCUT2D eigenvalue weighted by Crippen LogP contribution is -2.23. The van der Waals surface area contributed by atoms with Crippen molar-refractivity contribution in [1.29, 1.82) is 0 Å². The first kappa shape index (κ1) is 21.6. The monoisotopic (exact) mass is 419 g/mol. The Morgan fingerprint density at radius 3 is 2.00 bits per heavy atom. The van der Waals surface area contributed by atoms with E-state index in [1.54, 1.807) is 28.9 Å². The first-order chi connectivity index (χ1) is 13.9. The third-order valence-electron chi connectivity index (χ3n) is 5.15. The van der Waals surface area contributed by atoms with Crippen molar-refractivity contribution in [3.63, 3.8) is 0 Å². The molecule has 1 aliphatic rings. The highest BCUT2D eigenvalue weighted by molar-refractivity contribution is 7.51. The van der Waals surface area contributed by atoms with Crippen molar-refractivity contribution in [3.05, 3.63) is 46.8 Å². The van der Waals surface area contributed by atoms with Gasteiger partial charge in [-0.25, -0.2) is 4.68 Å². The normalized spacial score (nSPS) is 13.4. The highest BCUT2D eigenvalue weighted by Crippen LogP contribution is 2.35. The van der Waals surface area contributed by atoms with E-state index in [1.165, 1.54) is 0 Å². The SMILES string of the molecule is O=C1c2ccccc2C(=O)c2c1nnn2CCCCCCCCCCP(=O)(O)O. The quantitative estimate of drug-likeness (QED) is 0.361. The summed E-state index contributed by atoms with van der Waals surface area (Å²) in [6, 6.07) is 6.78. The van der Waals surface area contributed by atoms with E-state index >= 15 is 0 Å². The summed E-state index contributed by atoms with van der Waals surface area (Å²) in [5, 5.41) is 7.98. The molecule has 1 aromatic heterocycles. The molecule has 2 N–H and O–H groups in total. The van der Waals surface area contributed by atoms with Gasteiger partial charge < -0.3 is 9.79 Å². The van der Waals surface area contributed by atoms with Gasteiger partial charge in [0.25, 0.3) is 0 Å². The first-order valence-electron chi connectivity index (χ1n) is 10.0. The predicted octanol–water partition coefficient (Wildman–Crippen LogP) is 3.35. The molecule has 0 atom stereocenters. The summed E-state index contributed by atoms with van der Waals surface area (Å²) < 4.78 is 12.3. The zero-order chi connectivity index (χ0) is 20.9. The minimum absolute atomic E-state index is 0.0269. The number of hydrogen-bond donors (Lipinski definition) is 2. The van der Waals surface area contributed by atoms with Crippen LogP contribution in [0.3, 0.4) is 0 Å². The maximum atomic E-state index is 12.8. The summed E-state index contributed by atoms with van der Waals surface area (Å²) in [5.74, 6) is -0.448. The standard InChI is InChI=1S/C20H26N3O5P/c24-19-15-11-7-8-12-16(15)20(25)18-17(19)21-22-23(18)13-9-5-3-1-2-4-6-10-14-29(26,27)28/h7-8,11-12H,1-6,9-10,13-14H2,(H2,26,27,28). The van der Waals surface area contributed by atoms with E-state index in [4.69, 9.17) is 9.79 Å². The van der Waals surface area contributed by atoms with Gasteiger partial charge in [-0.15, -0.1) is 5.10 Å². The van der Waals surface area contributed by atoms with Crippen molar-refractivity contribution in [2.75, 3.05) is 6.16 Å². The molecule has 0 saturated carbocycles. The number of carbonyl (C=O) groups is 2. The van der Waals surface area contributed by atoms with Gasteiger partial charge in [-0.1, -0.05) is 68.0 Å². The van der Waals surface area contributed by atoms with Crippen LogP contribution in [0.25, 0.3) is 0 Å². The lowest BCUT2D eigenvalue weighted by Gasteiger charge is -2.14. The third-order valence-corrected chi connectivity index (χ3v) is 6.05. The molecule has 156 valence electrons. The molecular weight excluding hydrogens is 393 g/mol. The highest BCUT2D eigenvalue weighted by atomic mass is 31.2. The number of fused-ring (bicyclic) bond motifs is 2. The van der Waals surface area contributed by atoms with Gasteiger partial charge in [-0.2, -0.15) is 0 Å². The fourth-order valence-electron chi connectivity index (χ4n) is 3.62. The van der Waals surface area contributed by atoms with Crippen LogP contribution in [-0.2, 0) is 11.1 Å². The van der Waals surface area contributed by atoms with Crippen LogP contribution in [-0.4, -0.2) is 42.5 Å². The second kappa shape index (κ2) is 9.57. The maximum Gasteiger partial charge on any atom is 0.325 e. The molecule has 0 saturated heterocycles. The van der Waals surface area contributed by atoms with Crippen LogP contribution in [0.15, 0.2) is 24.3 Å². The number of aryl methyl sites for hydroxylation is 1. The molecule has 29 heavy (non-hydrogen) atoms. The van der Waals surface area contributed by atoms with Crippen LogP contribution in [0, 0.1) is 0 Å². The van der Waals surface area contributed by atoms with Crippen molar-refractivity contribution in [2.45, 2.75) is 57.9 Å². The van der Waals surface area contributed by atoms with Gasteiger partial charge in [-0.3, -0.25) is 14.2 Å². The van der Waals surface area contributed by atoms with Crippen molar-refractivity contribution in [1.82, 2.24) is 15.0 Å². The molecule has 0 aliphatic heterocycles. The molecule has 0 radical (unpaired) electrons. The number of ketones is 2. The molecule has 1 aromatic carbocycles. The van der Waals surface area contributed by atoms with Gasteiger partial charge in [0.1, 0.15) is 5.69 Å². The van der Waals surface area contributed by atoms with E-state index in [9.17, 15) is 14.2 Å². The lowest BCUT2D eigenvalue weighted by molar-refractivity contribution is 0.0970. The van der Waals surface area contributed by atoms with Gasteiger partial charge in [0.15, 0.2) is 5.69 Å². The lowest BCUT2D eigenvalue weighted by atomic mass is 9.90. The number of aromatic nitrogens is 3. The Hall–Kier alpha value is -2.15. The molecule has 0 bridgehead atoms. The average Bonchev–Trinajstić information content (AvgIpc) is 3.11. The van der Waals surface area contributed by atoms with E-state index in [2.05, 4.69) is 10.3 Å². The fourth-order valence-corrected chi connectivity index (χ4v) is 4.26. The molecule has 1 heterocycles. The van der Waals surface area contributed by atoms with Crippen LogP contribution in [0.5, 0.6) is 0 Å². The Bertz CT molecular complexity index is 934. The molecule has 8 nitrogen and oxygen atoms in total. The Balaban J connectivity index is 1.40. The summed E-state index contributed by atoms with van der Waals surface area (Å²) in [6.07, 6.45) is 7.34. The Kier molecular flexibility index (Phi) is 7.11. The van der Waals surface area contributed by atoms with E-state index < -0.39 is 7.60 Å². The number of carbonyl (C=O) groups excluding carboxylic acids is 2. The smallest absolute Gasteiger partial charge is 0.324 e. The van der Waals surface area contributed by atoms with Gasteiger partial charge in [0.05, 0.1) is 0 Å². The molecule has 2 aromatic rings. The van der Waals surface area contributed by atoms with Crippen molar-refractivity contribution < 1.29 is 23.9 Å². The molecule has 3 rings (SSSR count). The average molecular weight is 419 g/mol. The van der Waals surface area contributed by atoms with Crippen LogP contribution >= 0.6 is 7.60 Å². The van der Waals surface area contributed by atoms with E-state index in [0.29, 0.717) is 29.8 Å². The zero-order valence-electron chi connectivity index (χ0n) is 16.3. The molecule has 0 amide bonds. The van der Waals surface area contributed by atoms with Gasteiger partial charge in [0, 0.05) is 23.8 Å². The van der Waals surface area contributed by atoms with Crippen LogP contribution < -0.4 is 0 Å². The first-order valence-corrected chi connectivity index (χ1v) is 11.8. The largest absolute Gasteiger partial charge is 0.325 e. The highest BCUT2D eigenvalue weighted by Gasteiger charge is 2.34. The summed E-state index contributed by atoms with van der Waals surface area (Å²) in [6.45, 7) is 0.547. The van der Waals surface area contributed by atoms with E-state index in [1.807, 2.05) is 0 Å².